The number of nitrogens with one attached hydrogen (secondary N) is 2. The maximum atomic E-state index is 13.4. The van der Waals surface area contributed by atoms with Crippen LogP contribution in [0.5, 0.6) is 11.5 Å². The van der Waals surface area contributed by atoms with Crippen molar-refractivity contribution in [2.45, 2.75) is 65.0 Å². The summed E-state index contributed by atoms with van der Waals surface area (Å²) in [5, 5.41) is 15.4. The Balaban J connectivity index is 1.33. The van der Waals surface area contributed by atoms with Crippen LogP contribution in [0.2, 0.25) is 0 Å². The van der Waals surface area contributed by atoms with Gasteiger partial charge in [0.15, 0.2) is 0 Å². The number of carbonyl (C=O) groups is 1. The molecule has 1 amide bonds. The van der Waals surface area contributed by atoms with Crippen molar-refractivity contribution >= 4 is 5.91 Å². The lowest BCUT2D eigenvalue weighted by Crippen LogP contribution is -2.74. The third-order valence-electron chi connectivity index (χ3n) is 7.89. The Morgan fingerprint density at radius 2 is 1.65 bits per heavy atom. The van der Waals surface area contributed by atoms with Crippen molar-refractivity contribution in [2.75, 3.05) is 26.3 Å². The van der Waals surface area contributed by atoms with Gasteiger partial charge in [-0.05, 0) is 68.4 Å². The van der Waals surface area contributed by atoms with E-state index in [-0.39, 0.29) is 23.8 Å². The van der Waals surface area contributed by atoms with Gasteiger partial charge in [0.25, 0.3) is 5.91 Å². The minimum absolute atomic E-state index is 0.0268. The number of carbonyl (C=O) groups excluding carboxylic acids is 1. The predicted molar refractivity (Wildman–Crippen MR) is 143 cm³/mol. The summed E-state index contributed by atoms with van der Waals surface area (Å²) in [4.78, 5) is 13.1. The van der Waals surface area contributed by atoms with E-state index < -0.39 is 34.2 Å². The van der Waals surface area contributed by atoms with E-state index in [1.165, 1.54) is 6.07 Å². The molecule has 40 heavy (non-hydrogen) atoms. The summed E-state index contributed by atoms with van der Waals surface area (Å²) >= 11 is 0. The molecule has 7 nitrogen and oxygen atoms in total. The molecule has 10 heteroatoms. The lowest BCUT2D eigenvalue weighted by atomic mass is 9.49. The number of piperidine rings is 1. The molecule has 0 bridgehead atoms. The van der Waals surface area contributed by atoms with Gasteiger partial charge in [-0.15, -0.1) is 0 Å². The quantitative estimate of drug-likeness (QED) is 0.403. The molecular weight excluding hydrogens is 523 g/mol. The molecule has 2 aromatic rings. The van der Waals surface area contributed by atoms with Crippen molar-refractivity contribution < 1.29 is 32.2 Å². The molecule has 0 atom stereocenters. The van der Waals surface area contributed by atoms with Crippen LogP contribution in [0, 0.1) is 22.2 Å². The molecule has 4 rings (SSSR count). The van der Waals surface area contributed by atoms with E-state index in [0.29, 0.717) is 24.5 Å². The largest absolute Gasteiger partial charge is 0.491 e. The number of rotatable bonds is 9. The van der Waals surface area contributed by atoms with Crippen molar-refractivity contribution in [2.24, 2.45) is 10.8 Å². The van der Waals surface area contributed by atoms with Gasteiger partial charge in [-0.3, -0.25) is 4.79 Å². The lowest BCUT2D eigenvalue weighted by Gasteiger charge is -2.63. The molecule has 1 aliphatic heterocycles. The number of alkyl halides is 3. The Morgan fingerprint density at radius 1 is 1.02 bits per heavy atom. The van der Waals surface area contributed by atoms with Gasteiger partial charge in [0.2, 0.25) is 0 Å². The Hall–Kier alpha value is -3.29. The number of ether oxygens (including phenoxy) is 3. The second-order valence-corrected chi connectivity index (χ2v) is 11.6. The van der Waals surface area contributed by atoms with Crippen molar-refractivity contribution in [3.63, 3.8) is 0 Å². The SMILES string of the molecule is CC1(C)C(NC(=O)c2ccc(OCCOC3CCNCC3)cc2)C(C)(C)C1Oc1ccc(C#N)c(C(F)(F)F)c1. The zero-order chi connectivity index (χ0) is 29.1. The molecule has 1 aliphatic carbocycles. The molecule has 0 radical (unpaired) electrons. The smallest absolute Gasteiger partial charge is 0.417 e. The summed E-state index contributed by atoms with van der Waals surface area (Å²) in [5.41, 5.74) is -2.18. The third kappa shape index (κ3) is 6.37. The molecular formula is C30H36F3N3O4. The molecule has 1 saturated carbocycles. The van der Waals surface area contributed by atoms with Gasteiger partial charge in [-0.25, -0.2) is 0 Å². The molecule has 0 spiro atoms. The van der Waals surface area contributed by atoms with Gasteiger partial charge in [0.05, 0.1) is 29.9 Å². The number of halogens is 3. The van der Waals surface area contributed by atoms with Crippen LogP contribution in [0.3, 0.4) is 0 Å². The van der Waals surface area contributed by atoms with E-state index >= 15 is 0 Å². The first-order valence-electron chi connectivity index (χ1n) is 13.5. The highest BCUT2D eigenvalue weighted by Crippen LogP contribution is 2.55. The molecule has 216 valence electrons. The molecule has 0 aromatic heterocycles. The molecule has 1 heterocycles. The van der Waals surface area contributed by atoms with Crippen LogP contribution in [0.1, 0.15) is 62.0 Å². The van der Waals surface area contributed by atoms with E-state index in [9.17, 15) is 18.0 Å². The highest BCUT2D eigenvalue weighted by atomic mass is 19.4. The molecule has 1 saturated heterocycles. The van der Waals surface area contributed by atoms with Crippen LogP contribution in [0.25, 0.3) is 0 Å². The number of amides is 1. The van der Waals surface area contributed by atoms with E-state index in [2.05, 4.69) is 10.6 Å². The maximum absolute atomic E-state index is 13.4. The van der Waals surface area contributed by atoms with Gasteiger partial charge in [-0.1, -0.05) is 27.7 Å². The Bertz CT molecular complexity index is 1220. The fourth-order valence-corrected chi connectivity index (χ4v) is 6.12. The number of nitrogens with zero attached hydrogens (tertiary/aromatic N) is 1. The van der Waals surface area contributed by atoms with Crippen LogP contribution in [-0.4, -0.2) is 50.5 Å². The van der Waals surface area contributed by atoms with Gasteiger partial charge in [0.1, 0.15) is 24.2 Å². The minimum atomic E-state index is -4.67. The summed E-state index contributed by atoms with van der Waals surface area (Å²) in [7, 11) is 0. The number of benzene rings is 2. The van der Waals surface area contributed by atoms with E-state index in [4.69, 9.17) is 19.5 Å². The first-order valence-corrected chi connectivity index (χ1v) is 13.5. The van der Waals surface area contributed by atoms with Gasteiger partial charge < -0.3 is 24.8 Å². The van der Waals surface area contributed by atoms with Crippen molar-refractivity contribution in [1.29, 1.82) is 5.26 Å². The van der Waals surface area contributed by atoms with Crippen LogP contribution >= 0.6 is 0 Å². The van der Waals surface area contributed by atoms with E-state index in [1.807, 2.05) is 27.7 Å². The fourth-order valence-electron chi connectivity index (χ4n) is 6.12. The number of hydrogen-bond acceptors (Lipinski definition) is 6. The summed E-state index contributed by atoms with van der Waals surface area (Å²) in [6.45, 7) is 10.5. The summed E-state index contributed by atoms with van der Waals surface area (Å²) in [5.74, 6) is 0.408. The van der Waals surface area contributed by atoms with Crippen LogP contribution in [0.15, 0.2) is 42.5 Å². The van der Waals surface area contributed by atoms with Gasteiger partial charge in [0, 0.05) is 22.4 Å². The molecule has 2 aromatic carbocycles. The van der Waals surface area contributed by atoms with Crippen LogP contribution in [-0.2, 0) is 10.9 Å². The standard InChI is InChI=1S/C30H36F3N3O4/c1-28(2)26(29(3,4)27(28)40-23-10-7-20(18-34)24(17-23)30(31,32)33)36-25(37)19-5-8-21(9-6-19)38-15-16-39-22-11-13-35-14-12-22/h5-10,17,22,26-27,35H,11-16H2,1-4H3,(H,36,37). The van der Waals surface area contributed by atoms with Crippen LogP contribution in [0.4, 0.5) is 13.2 Å². The van der Waals surface area contributed by atoms with E-state index in [0.717, 1.165) is 38.1 Å². The molecule has 0 unspecified atom stereocenters. The summed E-state index contributed by atoms with van der Waals surface area (Å²) in [6, 6.07) is 11.5. The number of hydrogen-bond donors (Lipinski definition) is 2. The van der Waals surface area contributed by atoms with Crippen molar-refractivity contribution in [1.82, 2.24) is 10.6 Å². The van der Waals surface area contributed by atoms with Crippen molar-refractivity contribution in [3.05, 3.63) is 59.2 Å². The average molecular weight is 560 g/mol. The third-order valence-corrected chi connectivity index (χ3v) is 7.89. The fraction of sp³-hybridized carbons (Fsp3) is 0.533. The van der Waals surface area contributed by atoms with Gasteiger partial charge in [-0.2, -0.15) is 18.4 Å². The Morgan fingerprint density at radius 3 is 2.25 bits per heavy atom. The zero-order valence-electron chi connectivity index (χ0n) is 23.2. The van der Waals surface area contributed by atoms with Crippen LogP contribution < -0.4 is 20.1 Å². The first kappa shape index (κ1) is 29.7. The van der Waals surface area contributed by atoms with Gasteiger partial charge >= 0.3 is 6.18 Å². The number of nitriles is 1. The molecule has 2 aliphatic rings. The van der Waals surface area contributed by atoms with Crippen molar-refractivity contribution in [3.8, 4) is 17.6 Å². The molecule has 2 N–H and O–H groups in total. The lowest BCUT2D eigenvalue weighted by molar-refractivity contribution is -0.164. The van der Waals surface area contributed by atoms with E-state index in [1.54, 1.807) is 30.3 Å². The Labute approximate surface area is 233 Å². The first-order chi connectivity index (χ1) is 18.8. The zero-order valence-corrected chi connectivity index (χ0v) is 23.2. The summed E-state index contributed by atoms with van der Waals surface area (Å²) in [6.07, 6.45) is -2.89. The predicted octanol–water partition coefficient (Wildman–Crippen LogP) is 5.34. The highest BCUT2D eigenvalue weighted by molar-refractivity contribution is 5.94. The minimum Gasteiger partial charge on any atom is -0.491 e. The Kier molecular flexibility index (Phi) is 8.66. The monoisotopic (exact) mass is 559 g/mol. The average Bonchev–Trinajstić information content (AvgIpc) is 2.92. The normalized spacial score (nSPS) is 22.1. The highest BCUT2D eigenvalue weighted by Gasteiger charge is 2.64. The second kappa shape index (κ2) is 11.7. The molecule has 2 fully saturated rings. The topological polar surface area (TPSA) is 92.6 Å². The summed E-state index contributed by atoms with van der Waals surface area (Å²) < 4.78 is 57.9. The second-order valence-electron chi connectivity index (χ2n) is 11.6. The maximum Gasteiger partial charge on any atom is 0.417 e.